The standard InChI is InChI=1S/C26H48O5P2/c1-8-26(9-2,33(29,30)31)32(27,28)21-13-20-25(7)19-12-18-24(6)17-11-16-23(5)15-10-14-22(3)4/h14,16,18,20H,8-13,15,17,19,21H2,1-7H3,(H,27,28)(H2,29,30,31). The highest BCUT2D eigenvalue weighted by Gasteiger charge is 2.56. The summed E-state index contributed by atoms with van der Waals surface area (Å²) >= 11 is 0. The SMILES string of the molecule is CCC(CC)(P(=O)(O)O)P(=O)(O)CCC=C(C)CCC=C(C)CCC=C(C)CCC=C(C)C. The Morgan fingerprint density at radius 2 is 1.03 bits per heavy atom. The van der Waals surface area contributed by atoms with Crippen molar-refractivity contribution < 1.29 is 23.8 Å². The fraction of sp³-hybridized carbons (Fsp3) is 0.692. The maximum Gasteiger partial charge on any atom is 0.341 e. The Bertz CT molecular complexity index is 807. The minimum atomic E-state index is -4.69. The summed E-state index contributed by atoms with van der Waals surface area (Å²) in [6, 6.07) is 0. The molecule has 0 rings (SSSR count). The summed E-state index contributed by atoms with van der Waals surface area (Å²) in [5.74, 6) is 0. The zero-order valence-electron chi connectivity index (χ0n) is 21.9. The molecule has 0 saturated heterocycles. The van der Waals surface area contributed by atoms with E-state index in [0.717, 1.165) is 44.1 Å². The van der Waals surface area contributed by atoms with Crippen LogP contribution < -0.4 is 0 Å². The van der Waals surface area contributed by atoms with Crippen LogP contribution in [0, 0.1) is 0 Å². The number of allylic oxidation sites excluding steroid dienone is 8. The van der Waals surface area contributed by atoms with Crippen LogP contribution in [0.1, 0.15) is 106 Å². The van der Waals surface area contributed by atoms with Gasteiger partial charge in [-0.3, -0.25) is 9.13 Å². The van der Waals surface area contributed by atoms with Crippen molar-refractivity contribution in [3.8, 4) is 0 Å². The first kappa shape index (κ1) is 32.3. The van der Waals surface area contributed by atoms with E-state index in [1.807, 2.05) is 13.0 Å². The van der Waals surface area contributed by atoms with Gasteiger partial charge in [0.05, 0.1) is 0 Å². The molecule has 0 aromatic carbocycles. The molecule has 3 N–H and O–H groups in total. The minimum absolute atomic E-state index is 0.0154. The largest absolute Gasteiger partial charge is 0.343 e. The number of hydrogen-bond acceptors (Lipinski definition) is 2. The predicted octanol–water partition coefficient (Wildman–Crippen LogP) is 8.49. The lowest BCUT2D eigenvalue weighted by Gasteiger charge is -2.36. The fourth-order valence-electron chi connectivity index (χ4n) is 4.04. The van der Waals surface area contributed by atoms with Crippen molar-refractivity contribution in [1.29, 1.82) is 0 Å². The van der Waals surface area contributed by atoms with Gasteiger partial charge in [-0.2, -0.15) is 0 Å². The summed E-state index contributed by atoms with van der Waals surface area (Å²) in [5, 5.41) is 0. The first-order chi connectivity index (χ1) is 15.2. The third kappa shape index (κ3) is 11.5. The van der Waals surface area contributed by atoms with Crippen LogP contribution in [0.25, 0.3) is 0 Å². The van der Waals surface area contributed by atoms with E-state index in [-0.39, 0.29) is 19.0 Å². The molecule has 0 saturated carbocycles. The van der Waals surface area contributed by atoms with E-state index in [0.29, 0.717) is 6.42 Å². The van der Waals surface area contributed by atoms with Crippen molar-refractivity contribution in [3.05, 3.63) is 46.6 Å². The van der Waals surface area contributed by atoms with Gasteiger partial charge in [-0.15, -0.1) is 0 Å². The lowest BCUT2D eigenvalue weighted by molar-refractivity contribution is 0.331. The highest BCUT2D eigenvalue weighted by atomic mass is 31.2. The molecule has 0 radical (unpaired) electrons. The van der Waals surface area contributed by atoms with Gasteiger partial charge in [-0.1, -0.05) is 60.4 Å². The van der Waals surface area contributed by atoms with Gasteiger partial charge in [0, 0.05) is 6.16 Å². The van der Waals surface area contributed by atoms with Gasteiger partial charge >= 0.3 is 7.60 Å². The lowest BCUT2D eigenvalue weighted by Crippen LogP contribution is -2.28. The molecule has 0 amide bonds. The van der Waals surface area contributed by atoms with Crippen LogP contribution in [0.5, 0.6) is 0 Å². The predicted molar refractivity (Wildman–Crippen MR) is 143 cm³/mol. The molecule has 0 spiro atoms. The molecule has 33 heavy (non-hydrogen) atoms. The third-order valence-corrected chi connectivity index (χ3v) is 12.6. The van der Waals surface area contributed by atoms with Crippen molar-refractivity contribution in [1.82, 2.24) is 0 Å². The lowest BCUT2D eigenvalue weighted by atomic mass is 10.0. The van der Waals surface area contributed by atoms with Crippen LogP contribution in [-0.4, -0.2) is 25.7 Å². The highest BCUT2D eigenvalue weighted by Crippen LogP contribution is 2.73. The van der Waals surface area contributed by atoms with Crippen LogP contribution in [0.4, 0.5) is 0 Å². The second kappa shape index (κ2) is 15.3. The fourth-order valence-corrected chi connectivity index (χ4v) is 8.68. The van der Waals surface area contributed by atoms with Crippen LogP contribution in [0.3, 0.4) is 0 Å². The van der Waals surface area contributed by atoms with E-state index in [1.54, 1.807) is 13.8 Å². The molecule has 0 bridgehead atoms. The van der Waals surface area contributed by atoms with Gasteiger partial charge in [0.15, 0.2) is 0 Å². The van der Waals surface area contributed by atoms with Gasteiger partial charge < -0.3 is 14.7 Å². The van der Waals surface area contributed by atoms with E-state index in [2.05, 4.69) is 45.9 Å². The molecule has 192 valence electrons. The summed E-state index contributed by atoms with van der Waals surface area (Å²) in [5.41, 5.74) is 5.30. The van der Waals surface area contributed by atoms with Gasteiger partial charge in [0.25, 0.3) is 0 Å². The van der Waals surface area contributed by atoms with Crippen LogP contribution >= 0.6 is 15.0 Å². The summed E-state index contributed by atoms with van der Waals surface area (Å²) in [6.45, 7) is 13.8. The number of hydrogen-bond donors (Lipinski definition) is 3. The van der Waals surface area contributed by atoms with Crippen LogP contribution in [0.2, 0.25) is 0 Å². The van der Waals surface area contributed by atoms with Crippen molar-refractivity contribution in [2.75, 3.05) is 6.16 Å². The quantitative estimate of drug-likeness (QED) is 0.145. The zero-order chi connectivity index (χ0) is 25.7. The van der Waals surface area contributed by atoms with E-state index in [4.69, 9.17) is 0 Å². The van der Waals surface area contributed by atoms with Crippen molar-refractivity contribution in [2.24, 2.45) is 0 Å². The Balaban J connectivity index is 4.62. The summed E-state index contributed by atoms with van der Waals surface area (Å²) in [7, 11) is -8.71. The molecule has 0 aromatic heterocycles. The Hall–Kier alpha value is -0.700. The van der Waals surface area contributed by atoms with Gasteiger partial charge in [0.1, 0.15) is 4.90 Å². The molecule has 1 unspecified atom stereocenters. The Morgan fingerprint density at radius 3 is 1.36 bits per heavy atom. The molecule has 5 nitrogen and oxygen atoms in total. The first-order valence-electron chi connectivity index (χ1n) is 12.2. The summed E-state index contributed by atoms with van der Waals surface area (Å²) in [4.78, 5) is 28.2. The van der Waals surface area contributed by atoms with Crippen molar-refractivity contribution in [3.63, 3.8) is 0 Å². The molecule has 0 heterocycles. The second-order valence-corrected chi connectivity index (χ2v) is 14.5. The molecular formula is C26H48O5P2. The molecule has 7 heteroatoms. The van der Waals surface area contributed by atoms with E-state index < -0.39 is 19.9 Å². The van der Waals surface area contributed by atoms with Crippen LogP contribution in [0.15, 0.2) is 46.6 Å². The molecule has 0 aliphatic heterocycles. The van der Waals surface area contributed by atoms with Crippen molar-refractivity contribution >= 4 is 15.0 Å². The Labute approximate surface area is 202 Å². The zero-order valence-corrected chi connectivity index (χ0v) is 23.7. The summed E-state index contributed by atoms with van der Waals surface area (Å²) < 4.78 is 24.9. The molecule has 1 atom stereocenters. The Morgan fingerprint density at radius 1 is 0.667 bits per heavy atom. The first-order valence-corrected chi connectivity index (χ1v) is 15.7. The smallest absolute Gasteiger partial charge is 0.341 e. The molecule has 0 fully saturated rings. The monoisotopic (exact) mass is 502 g/mol. The van der Waals surface area contributed by atoms with Crippen molar-refractivity contribution in [2.45, 2.75) is 111 Å². The second-order valence-electron chi connectivity index (χ2n) is 9.50. The van der Waals surface area contributed by atoms with Gasteiger partial charge in [0.2, 0.25) is 7.37 Å². The number of rotatable bonds is 16. The molecule has 0 aliphatic carbocycles. The van der Waals surface area contributed by atoms with Crippen LogP contribution in [-0.2, 0) is 9.13 Å². The van der Waals surface area contributed by atoms with E-state index in [9.17, 15) is 23.8 Å². The molecule has 0 aliphatic rings. The van der Waals surface area contributed by atoms with Gasteiger partial charge in [-0.25, -0.2) is 0 Å². The molecule has 0 aromatic rings. The Kier molecular flexibility index (Phi) is 15.0. The normalized spacial score (nSPS) is 16.0. The van der Waals surface area contributed by atoms with E-state index in [1.165, 1.54) is 16.7 Å². The average molecular weight is 503 g/mol. The highest BCUT2D eigenvalue weighted by molar-refractivity contribution is 7.75. The maximum absolute atomic E-state index is 12.9. The maximum atomic E-state index is 12.9. The molecular weight excluding hydrogens is 454 g/mol. The topological polar surface area (TPSA) is 94.8 Å². The van der Waals surface area contributed by atoms with Gasteiger partial charge in [-0.05, 0) is 92.4 Å². The average Bonchev–Trinajstić information content (AvgIpc) is 2.67. The van der Waals surface area contributed by atoms with E-state index >= 15 is 0 Å². The minimum Gasteiger partial charge on any atom is -0.343 e. The summed E-state index contributed by atoms with van der Waals surface area (Å²) in [6.07, 6.45) is 15.1. The third-order valence-electron chi connectivity index (χ3n) is 6.40.